The van der Waals surface area contributed by atoms with Gasteiger partial charge in [0.25, 0.3) is 0 Å². The molecular weight excluding hydrogens is 461 g/mol. The zero-order chi connectivity index (χ0) is 15.0. The molecule has 22 heavy (non-hydrogen) atoms. The monoisotopic (exact) mass is 494 g/mol. The maximum atomic E-state index is 2.70. The molecule has 0 aromatic rings. The SMILES string of the molecule is C1=C[CH]([Bi]([CH]2C=CCCCC2)[CH]2C=CCCCC2)CCCC1. The topological polar surface area (TPSA) is 0 Å². The Morgan fingerprint density at radius 2 is 0.864 bits per heavy atom. The zero-order valence-electron chi connectivity index (χ0n) is 14.1. The number of hydrogen-bond donors (Lipinski definition) is 0. The van der Waals surface area contributed by atoms with Gasteiger partial charge in [-0.2, -0.15) is 0 Å². The second kappa shape index (κ2) is 9.41. The van der Waals surface area contributed by atoms with Crippen molar-refractivity contribution in [3.05, 3.63) is 36.5 Å². The standard InChI is InChI=1S/3C7H11.Bi/c3*1-2-4-6-7-5-3-1;/h3*1-3H,4-7H2;. The Morgan fingerprint density at radius 3 is 1.23 bits per heavy atom. The van der Waals surface area contributed by atoms with Gasteiger partial charge in [0.1, 0.15) is 0 Å². The predicted octanol–water partition coefficient (Wildman–Crippen LogP) is 6.98. The molecule has 3 atom stereocenters. The summed E-state index contributed by atoms with van der Waals surface area (Å²) in [6, 6.07) is 0. The summed E-state index contributed by atoms with van der Waals surface area (Å²) < 4.78 is 3.08. The number of hydrogen-bond acceptors (Lipinski definition) is 0. The molecule has 1 heteroatoms. The van der Waals surface area contributed by atoms with E-state index in [0.29, 0.717) is 0 Å². The van der Waals surface area contributed by atoms with E-state index in [1.165, 1.54) is 77.0 Å². The summed E-state index contributed by atoms with van der Waals surface area (Å²) in [5.74, 6) is 0. The third-order valence-corrected chi connectivity index (χ3v) is 19.5. The van der Waals surface area contributed by atoms with Gasteiger partial charge in [-0.1, -0.05) is 0 Å². The fourth-order valence-corrected chi connectivity index (χ4v) is 19.5. The first kappa shape index (κ1) is 16.9. The molecule has 3 aliphatic rings. The summed E-state index contributed by atoms with van der Waals surface area (Å²) >= 11 is -1.61. The van der Waals surface area contributed by atoms with E-state index < -0.39 is 21.8 Å². The summed E-state index contributed by atoms with van der Waals surface area (Å²) in [6.07, 6.45) is 33.1. The molecule has 0 bridgehead atoms. The van der Waals surface area contributed by atoms with Gasteiger partial charge in [0.05, 0.1) is 0 Å². The first-order valence-corrected chi connectivity index (χ1v) is 15.7. The van der Waals surface area contributed by atoms with E-state index in [1.807, 2.05) is 0 Å². The van der Waals surface area contributed by atoms with Crippen molar-refractivity contribution in [2.75, 3.05) is 0 Å². The average Bonchev–Trinajstić information content (AvgIpc) is 3.04. The molecule has 0 heterocycles. The van der Waals surface area contributed by atoms with Gasteiger partial charge in [0.15, 0.2) is 0 Å². The van der Waals surface area contributed by atoms with Crippen molar-refractivity contribution >= 4 is 21.8 Å². The molecule has 3 aliphatic carbocycles. The Balaban J connectivity index is 1.82. The zero-order valence-corrected chi connectivity index (χ0v) is 17.6. The van der Waals surface area contributed by atoms with E-state index in [1.54, 1.807) is 0 Å². The molecule has 0 spiro atoms. The van der Waals surface area contributed by atoms with Crippen LogP contribution in [0.3, 0.4) is 0 Å². The minimum atomic E-state index is -1.61. The Morgan fingerprint density at radius 1 is 0.500 bits per heavy atom. The van der Waals surface area contributed by atoms with Crippen LogP contribution < -0.4 is 0 Å². The van der Waals surface area contributed by atoms with Gasteiger partial charge in [0.2, 0.25) is 0 Å². The van der Waals surface area contributed by atoms with E-state index in [4.69, 9.17) is 0 Å². The molecule has 0 aromatic heterocycles. The van der Waals surface area contributed by atoms with E-state index in [0.717, 1.165) is 10.9 Å². The van der Waals surface area contributed by atoms with Crippen LogP contribution in [0.5, 0.6) is 0 Å². The normalized spacial score (nSPS) is 33.4. The number of rotatable bonds is 3. The Kier molecular flexibility index (Phi) is 7.25. The van der Waals surface area contributed by atoms with Gasteiger partial charge in [-0.05, 0) is 0 Å². The molecule has 0 fully saturated rings. The molecule has 0 nitrogen and oxygen atoms in total. The summed E-state index contributed by atoms with van der Waals surface area (Å²) in [7, 11) is 0. The van der Waals surface area contributed by atoms with E-state index in [2.05, 4.69) is 36.5 Å². The molecule has 0 aromatic carbocycles. The van der Waals surface area contributed by atoms with Crippen LogP contribution in [0.4, 0.5) is 0 Å². The predicted molar refractivity (Wildman–Crippen MR) is 99.8 cm³/mol. The second-order valence-electron chi connectivity index (χ2n) is 7.29. The van der Waals surface area contributed by atoms with Crippen LogP contribution in [-0.4, -0.2) is 21.8 Å². The van der Waals surface area contributed by atoms with E-state index >= 15 is 0 Å². The van der Waals surface area contributed by atoms with Crippen LogP contribution >= 0.6 is 0 Å². The van der Waals surface area contributed by atoms with Gasteiger partial charge in [-0.3, -0.25) is 0 Å². The molecule has 0 amide bonds. The minimum absolute atomic E-state index is 1.03. The third kappa shape index (κ3) is 4.80. The average molecular weight is 494 g/mol. The quantitative estimate of drug-likeness (QED) is 0.293. The molecule has 122 valence electrons. The molecule has 0 aliphatic heterocycles. The van der Waals surface area contributed by atoms with Crippen LogP contribution in [0.25, 0.3) is 0 Å². The van der Waals surface area contributed by atoms with Crippen molar-refractivity contribution in [2.45, 2.75) is 87.9 Å². The molecule has 3 unspecified atom stereocenters. The fraction of sp³-hybridized carbons (Fsp3) is 0.714. The molecular formula is C21H33Bi. The van der Waals surface area contributed by atoms with Crippen molar-refractivity contribution in [1.82, 2.24) is 0 Å². The van der Waals surface area contributed by atoms with Gasteiger partial charge in [0, 0.05) is 0 Å². The van der Waals surface area contributed by atoms with Crippen molar-refractivity contribution in [2.24, 2.45) is 0 Å². The van der Waals surface area contributed by atoms with Gasteiger partial charge in [-0.25, -0.2) is 0 Å². The van der Waals surface area contributed by atoms with Gasteiger partial charge in [-0.15, -0.1) is 0 Å². The summed E-state index contributed by atoms with van der Waals surface area (Å²) in [6.45, 7) is 0. The van der Waals surface area contributed by atoms with E-state index in [9.17, 15) is 0 Å². The van der Waals surface area contributed by atoms with Gasteiger partial charge < -0.3 is 0 Å². The molecule has 0 radical (unpaired) electrons. The first-order chi connectivity index (χ1) is 10.9. The molecule has 0 N–H and O–H groups in total. The van der Waals surface area contributed by atoms with Crippen LogP contribution in [0.2, 0.25) is 10.9 Å². The molecule has 3 rings (SSSR count). The Labute approximate surface area is 145 Å². The van der Waals surface area contributed by atoms with Crippen LogP contribution in [-0.2, 0) is 0 Å². The van der Waals surface area contributed by atoms with Crippen molar-refractivity contribution in [3.63, 3.8) is 0 Å². The van der Waals surface area contributed by atoms with Crippen LogP contribution in [0, 0.1) is 0 Å². The van der Waals surface area contributed by atoms with E-state index in [-0.39, 0.29) is 0 Å². The van der Waals surface area contributed by atoms with Crippen molar-refractivity contribution < 1.29 is 0 Å². The number of allylic oxidation sites excluding steroid dienone is 6. The Hall–Kier alpha value is 0.103. The van der Waals surface area contributed by atoms with Gasteiger partial charge >= 0.3 is 146 Å². The second-order valence-corrected chi connectivity index (χ2v) is 18.5. The summed E-state index contributed by atoms with van der Waals surface area (Å²) in [5.41, 5.74) is 0. The van der Waals surface area contributed by atoms with Crippen molar-refractivity contribution in [3.8, 4) is 0 Å². The molecule has 0 saturated heterocycles. The fourth-order valence-electron chi connectivity index (χ4n) is 4.38. The van der Waals surface area contributed by atoms with Crippen molar-refractivity contribution in [1.29, 1.82) is 0 Å². The van der Waals surface area contributed by atoms with Crippen LogP contribution in [0.1, 0.15) is 77.0 Å². The first-order valence-electron chi connectivity index (χ1n) is 9.72. The Bertz CT molecular complexity index is 344. The summed E-state index contributed by atoms with van der Waals surface area (Å²) in [5, 5.41) is 0. The summed E-state index contributed by atoms with van der Waals surface area (Å²) in [4.78, 5) is 0. The van der Waals surface area contributed by atoms with Crippen LogP contribution in [0.15, 0.2) is 36.5 Å². The maximum absolute atomic E-state index is 2.70. The molecule has 0 saturated carbocycles. The third-order valence-electron chi connectivity index (χ3n) is 5.59.